The zero-order valence-electron chi connectivity index (χ0n) is 4.94. The van der Waals surface area contributed by atoms with Crippen molar-refractivity contribution in [2.24, 2.45) is 0 Å². The predicted octanol–water partition coefficient (Wildman–Crippen LogP) is 0.0327. The van der Waals surface area contributed by atoms with Crippen LogP contribution >= 0.6 is 0 Å². The molecule has 0 rings (SSSR count). The zero-order chi connectivity index (χ0) is 7.49. The van der Waals surface area contributed by atoms with Gasteiger partial charge in [0.15, 0.2) is 0 Å². The summed E-state index contributed by atoms with van der Waals surface area (Å²) in [5.41, 5.74) is -1.31. The lowest BCUT2D eigenvalue weighted by molar-refractivity contribution is 0.189. The second kappa shape index (κ2) is 2.95. The normalized spacial score (nSPS) is 14.9. The van der Waals surface area contributed by atoms with E-state index in [1.165, 1.54) is 7.11 Å². The molecule has 0 saturated heterocycles. The minimum Gasteiger partial charge on any atom is -0.359 e. The fourth-order valence-corrected chi connectivity index (χ4v) is 0.826. The number of hydrogen-bond donors (Lipinski definition) is 1. The molecule has 0 heterocycles. The Kier molecular flexibility index (Phi) is 2.83. The molecule has 0 saturated carbocycles. The summed E-state index contributed by atoms with van der Waals surface area (Å²) in [5, 5.41) is 0. The summed E-state index contributed by atoms with van der Waals surface area (Å²) in [5.74, 6) is 0. The summed E-state index contributed by atoms with van der Waals surface area (Å²) in [6.07, 6.45) is 0.995. The Balaban J connectivity index is 4.32. The molecule has 0 spiro atoms. The van der Waals surface area contributed by atoms with E-state index in [0.29, 0.717) is 0 Å². The summed E-state index contributed by atoms with van der Waals surface area (Å²) >= 11 is 0. The van der Waals surface area contributed by atoms with Crippen molar-refractivity contribution < 1.29 is 17.7 Å². The van der Waals surface area contributed by atoms with Gasteiger partial charge >= 0.3 is 0 Å². The van der Waals surface area contributed by atoms with E-state index in [1.807, 2.05) is 0 Å². The van der Waals surface area contributed by atoms with Gasteiger partial charge in [-0.3, -0.25) is 4.55 Å². The van der Waals surface area contributed by atoms with E-state index in [0.717, 1.165) is 6.08 Å². The molecule has 0 aromatic carbocycles. The quantitative estimate of drug-likeness (QED) is 0.458. The average Bonchev–Trinajstić information content (AvgIpc) is 1.65. The third-order valence-electron chi connectivity index (χ3n) is 0.718. The molecule has 0 aromatic heterocycles. The summed E-state index contributed by atoms with van der Waals surface area (Å²) in [7, 11) is -2.94. The van der Waals surface area contributed by atoms with Crippen LogP contribution in [0.3, 0.4) is 0 Å². The van der Waals surface area contributed by atoms with Gasteiger partial charge in [0.1, 0.15) is 0 Å². The Hall–Kier alpha value is -0.390. The highest BCUT2D eigenvalue weighted by atomic mass is 32.2. The smallest absolute Gasteiger partial charge is 0.296 e. The highest BCUT2D eigenvalue weighted by molar-refractivity contribution is 7.86. The Morgan fingerprint density at radius 3 is 2.22 bits per heavy atom. The van der Waals surface area contributed by atoms with Crippen LogP contribution in [0.1, 0.15) is 0 Å². The van der Waals surface area contributed by atoms with E-state index < -0.39 is 15.6 Å². The first kappa shape index (κ1) is 8.61. The molecule has 0 aromatic rings. The molecule has 4 nitrogen and oxygen atoms in total. The molecule has 9 heavy (non-hydrogen) atoms. The van der Waals surface area contributed by atoms with E-state index in [9.17, 15) is 8.42 Å². The van der Waals surface area contributed by atoms with Crippen molar-refractivity contribution >= 4 is 10.1 Å². The van der Waals surface area contributed by atoms with Gasteiger partial charge in [0.05, 0.1) is 0 Å². The first-order chi connectivity index (χ1) is 4.02. The molecule has 0 aliphatic carbocycles. The lowest BCUT2D eigenvalue weighted by Crippen LogP contribution is -2.19. The minimum absolute atomic E-state index is 0.995. The van der Waals surface area contributed by atoms with Crippen LogP contribution < -0.4 is 0 Å². The third-order valence-corrected chi connectivity index (χ3v) is 1.69. The summed E-state index contributed by atoms with van der Waals surface area (Å²) in [6, 6.07) is 0. The molecule has 0 aliphatic rings. The number of rotatable bonds is 3. The van der Waals surface area contributed by atoms with Gasteiger partial charge in [-0.05, 0) is 6.08 Å². The fraction of sp³-hybridized carbons (Fsp3) is 0.500. The molecule has 0 radical (unpaired) electrons. The van der Waals surface area contributed by atoms with Crippen molar-refractivity contribution in [2.45, 2.75) is 5.44 Å². The van der Waals surface area contributed by atoms with E-state index >= 15 is 0 Å². The van der Waals surface area contributed by atoms with Crippen LogP contribution in [0.2, 0.25) is 0 Å². The maximum atomic E-state index is 10.2. The van der Waals surface area contributed by atoms with Gasteiger partial charge in [0.2, 0.25) is 5.44 Å². The number of methoxy groups -OCH3 is 1. The van der Waals surface area contributed by atoms with Gasteiger partial charge in [0, 0.05) is 7.11 Å². The van der Waals surface area contributed by atoms with Crippen molar-refractivity contribution in [3.63, 3.8) is 0 Å². The lowest BCUT2D eigenvalue weighted by Gasteiger charge is -2.03. The van der Waals surface area contributed by atoms with Crippen LogP contribution in [-0.4, -0.2) is 25.5 Å². The molecule has 0 amide bonds. The Labute approximate surface area is 53.9 Å². The van der Waals surface area contributed by atoms with Crippen molar-refractivity contribution in [3.05, 3.63) is 12.7 Å². The summed E-state index contributed by atoms with van der Waals surface area (Å²) in [6.45, 7) is 3.13. The molecular weight excluding hydrogens is 144 g/mol. The second-order valence-corrected chi connectivity index (χ2v) is 2.85. The second-order valence-electron chi connectivity index (χ2n) is 1.35. The fourth-order valence-electron chi connectivity index (χ4n) is 0.339. The first-order valence-electron chi connectivity index (χ1n) is 2.14. The predicted molar refractivity (Wildman–Crippen MR) is 32.5 cm³/mol. The van der Waals surface area contributed by atoms with Gasteiger partial charge in [-0.1, -0.05) is 6.58 Å². The van der Waals surface area contributed by atoms with Crippen LogP contribution in [0, 0.1) is 0 Å². The van der Waals surface area contributed by atoms with Crippen molar-refractivity contribution in [1.82, 2.24) is 0 Å². The summed E-state index contributed by atoms with van der Waals surface area (Å²) in [4.78, 5) is 0. The molecule has 5 heteroatoms. The largest absolute Gasteiger partial charge is 0.359 e. The molecule has 0 aliphatic heterocycles. The maximum Gasteiger partial charge on any atom is 0.296 e. The van der Waals surface area contributed by atoms with E-state index in [2.05, 4.69) is 11.3 Å². The molecule has 1 N–H and O–H groups in total. The van der Waals surface area contributed by atoms with Crippen LogP contribution in [0.4, 0.5) is 0 Å². The number of hydrogen-bond acceptors (Lipinski definition) is 3. The third kappa shape index (κ3) is 2.59. The van der Waals surface area contributed by atoms with Gasteiger partial charge < -0.3 is 4.74 Å². The van der Waals surface area contributed by atoms with Gasteiger partial charge in [-0.2, -0.15) is 8.42 Å². The van der Waals surface area contributed by atoms with Gasteiger partial charge in [0.25, 0.3) is 10.1 Å². The number of ether oxygens (including phenoxy) is 1. The van der Waals surface area contributed by atoms with E-state index in [4.69, 9.17) is 4.55 Å². The zero-order valence-corrected chi connectivity index (χ0v) is 5.76. The SMILES string of the molecule is C=CC(OC)S(=O)(=O)O. The Morgan fingerprint density at radius 2 is 2.22 bits per heavy atom. The lowest BCUT2D eigenvalue weighted by atomic mass is 10.7. The van der Waals surface area contributed by atoms with Crippen LogP contribution in [0.15, 0.2) is 12.7 Å². The first-order valence-corrected chi connectivity index (χ1v) is 3.64. The topological polar surface area (TPSA) is 63.6 Å². The standard InChI is InChI=1S/C4H8O4S/c1-3-4(8-2)9(5,6)7/h3-4H,1H2,2H3,(H,5,6,7). The molecule has 0 bridgehead atoms. The minimum atomic E-state index is -4.11. The Bertz CT molecular complexity index is 181. The van der Waals surface area contributed by atoms with Crippen molar-refractivity contribution in [3.8, 4) is 0 Å². The van der Waals surface area contributed by atoms with E-state index in [1.54, 1.807) is 0 Å². The van der Waals surface area contributed by atoms with E-state index in [-0.39, 0.29) is 0 Å². The van der Waals surface area contributed by atoms with Crippen LogP contribution in [0.5, 0.6) is 0 Å². The molecule has 1 unspecified atom stereocenters. The molecule has 54 valence electrons. The molecule has 0 fully saturated rings. The molecular formula is C4H8O4S. The highest BCUT2D eigenvalue weighted by Gasteiger charge is 2.16. The monoisotopic (exact) mass is 152 g/mol. The van der Waals surface area contributed by atoms with Crippen molar-refractivity contribution in [1.29, 1.82) is 0 Å². The molecule has 1 atom stereocenters. The average molecular weight is 152 g/mol. The highest BCUT2D eigenvalue weighted by Crippen LogP contribution is 1.98. The summed E-state index contributed by atoms with van der Waals surface area (Å²) < 4.78 is 32.9. The maximum absolute atomic E-state index is 10.2. The Morgan fingerprint density at radius 1 is 1.78 bits per heavy atom. The van der Waals surface area contributed by atoms with Crippen LogP contribution in [-0.2, 0) is 14.9 Å². The van der Waals surface area contributed by atoms with Crippen LogP contribution in [0.25, 0.3) is 0 Å². The van der Waals surface area contributed by atoms with Crippen molar-refractivity contribution in [2.75, 3.05) is 7.11 Å². The van der Waals surface area contributed by atoms with Gasteiger partial charge in [-0.15, -0.1) is 0 Å². The van der Waals surface area contributed by atoms with Gasteiger partial charge in [-0.25, -0.2) is 0 Å².